The maximum absolute atomic E-state index is 13.1. The Labute approximate surface area is 154 Å². The van der Waals surface area contributed by atoms with Crippen molar-refractivity contribution in [2.75, 3.05) is 26.2 Å². The number of amides is 1. The second-order valence-corrected chi connectivity index (χ2v) is 9.18. The molecule has 1 aromatic rings. The molecular weight excluding hydrogens is 357 g/mol. The van der Waals surface area contributed by atoms with Gasteiger partial charge in [0.1, 0.15) is 5.82 Å². The highest BCUT2D eigenvalue weighted by molar-refractivity contribution is 7.89. The molecule has 0 spiro atoms. The SMILES string of the molecule is CC1CNCCC1NC(=O)C1CCCN(S(=O)(=O)c2ccc(F)cc2)C1. The summed E-state index contributed by atoms with van der Waals surface area (Å²) in [5.41, 5.74) is 0. The molecule has 2 fully saturated rings. The second-order valence-electron chi connectivity index (χ2n) is 7.24. The van der Waals surface area contributed by atoms with Crippen LogP contribution in [-0.2, 0) is 14.8 Å². The summed E-state index contributed by atoms with van der Waals surface area (Å²) in [6.07, 6.45) is 2.21. The number of piperidine rings is 2. The van der Waals surface area contributed by atoms with E-state index in [2.05, 4.69) is 17.6 Å². The van der Waals surface area contributed by atoms with E-state index in [9.17, 15) is 17.6 Å². The normalized spacial score (nSPS) is 27.8. The number of benzene rings is 1. The molecule has 2 aliphatic heterocycles. The van der Waals surface area contributed by atoms with Crippen molar-refractivity contribution >= 4 is 15.9 Å². The smallest absolute Gasteiger partial charge is 0.243 e. The number of sulfonamides is 1. The summed E-state index contributed by atoms with van der Waals surface area (Å²) in [7, 11) is -3.71. The lowest BCUT2D eigenvalue weighted by Gasteiger charge is -2.34. The third kappa shape index (κ3) is 4.24. The van der Waals surface area contributed by atoms with E-state index < -0.39 is 15.8 Å². The third-order valence-corrected chi connectivity index (χ3v) is 7.20. The lowest BCUT2D eigenvalue weighted by molar-refractivity contribution is -0.127. The molecule has 1 aromatic carbocycles. The van der Waals surface area contributed by atoms with Crippen LogP contribution >= 0.6 is 0 Å². The maximum Gasteiger partial charge on any atom is 0.243 e. The standard InChI is InChI=1S/C18H26FN3O3S/c1-13-11-20-9-8-17(13)21-18(23)14-3-2-10-22(12-14)26(24,25)16-6-4-15(19)5-7-16/h4-7,13-14,17,20H,2-3,8-12H2,1H3,(H,21,23). The van der Waals surface area contributed by atoms with Gasteiger partial charge in [-0.05, 0) is 62.5 Å². The molecule has 3 rings (SSSR count). The van der Waals surface area contributed by atoms with Crippen LogP contribution in [0.5, 0.6) is 0 Å². The van der Waals surface area contributed by atoms with Crippen molar-refractivity contribution in [3.63, 3.8) is 0 Å². The predicted octanol–water partition coefficient (Wildman–Crippen LogP) is 1.34. The van der Waals surface area contributed by atoms with Crippen molar-refractivity contribution in [1.82, 2.24) is 14.9 Å². The highest BCUT2D eigenvalue weighted by Gasteiger charge is 2.34. The topological polar surface area (TPSA) is 78.5 Å². The molecule has 3 atom stereocenters. The summed E-state index contributed by atoms with van der Waals surface area (Å²) in [4.78, 5) is 12.7. The van der Waals surface area contributed by atoms with Crippen LogP contribution in [0.1, 0.15) is 26.2 Å². The Hall–Kier alpha value is -1.51. The van der Waals surface area contributed by atoms with Crippen molar-refractivity contribution in [3.05, 3.63) is 30.1 Å². The Bertz CT molecular complexity index is 739. The van der Waals surface area contributed by atoms with Gasteiger partial charge in [0.2, 0.25) is 15.9 Å². The van der Waals surface area contributed by atoms with Gasteiger partial charge in [0, 0.05) is 19.1 Å². The van der Waals surface area contributed by atoms with E-state index in [1.807, 2.05) is 0 Å². The van der Waals surface area contributed by atoms with Gasteiger partial charge < -0.3 is 10.6 Å². The first-order valence-corrected chi connectivity index (χ1v) is 10.6. The van der Waals surface area contributed by atoms with E-state index in [4.69, 9.17) is 0 Å². The number of nitrogens with zero attached hydrogens (tertiary/aromatic N) is 1. The van der Waals surface area contributed by atoms with Gasteiger partial charge in [-0.25, -0.2) is 12.8 Å². The monoisotopic (exact) mass is 383 g/mol. The van der Waals surface area contributed by atoms with Crippen LogP contribution in [0.4, 0.5) is 4.39 Å². The van der Waals surface area contributed by atoms with E-state index >= 15 is 0 Å². The highest BCUT2D eigenvalue weighted by Crippen LogP contribution is 2.24. The van der Waals surface area contributed by atoms with Gasteiger partial charge in [-0.3, -0.25) is 4.79 Å². The molecule has 6 nitrogen and oxygen atoms in total. The third-order valence-electron chi connectivity index (χ3n) is 5.32. The Kier molecular flexibility index (Phi) is 5.94. The Morgan fingerprint density at radius 2 is 2.00 bits per heavy atom. The van der Waals surface area contributed by atoms with Crippen LogP contribution in [0.15, 0.2) is 29.2 Å². The summed E-state index contributed by atoms with van der Waals surface area (Å²) in [6.45, 7) is 4.41. The van der Waals surface area contributed by atoms with Crippen molar-refractivity contribution in [2.24, 2.45) is 11.8 Å². The zero-order valence-corrected chi connectivity index (χ0v) is 15.8. The number of carbonyl (C=O) groups excluding carboxylic acids is 1. The minimum atomic E-state index is -3.71. The molecule has 0 bridgehead atoms. The summed E-state index contributed by atoms with van der Waals surface area (Å²) in [5.74, 6) is -0.532. The summed E-state index contributed by atoms with van der Waals surface area (Å²) < 4.78 is 40.0. The van der Waals surface area contributed by atoms with Gasteiger partial charge in [0.25, 0.3) is 0 Å². The number of hydrogen-bond acceptors (Lipinski definition) is 4. The van der Waals surface area contributed by atoms with E-state index in [-0.39, 0.29) is 29.3 Å². The molecule has 0 aliphatic carbocycles. The molecular formula is C18H26FN3O3S. The summed E-state index contributed by atoms with van der Waals surface area (Å²) >= 11 is 0. The first-order valence-electron chi connectivity index (χ1n) is 9.15. The summed E-state index contributed by atoms with van der Waals surface area (Å²) in [6, 6.07) is 4.95. The number of halogens is 1. The molecule has 2 heterocycles. The van der Waals surface area contributed by atoms with Gasteiger partial charge in [-0.1, -0.05) is 6.92 Å². The van der Waals surface area contributed by atoms with Gasteiger partial charge in [0.15, 0.2) is 0 Å². The predicted molar refractivity (Wildman–Crippen MR) is 96.5 cm³/mol. The minimum absolute atomic E-state index is 0.0620. The fourth-order valence-corrected chi connectivity index (χ4v) is 5.18. The largest absolute Gasteiger partial charge is 0.353 e. The first-order chi connectivity index (χ1) is 12.4. The molecule has 0 aromatic heterocycles. The lowest BCUT2D eigenvalue weighted by Crippen LogP contribution is -2.52. The molecule has 144 valence electrons. The van der Waals surface area contributed by atoms with Crippen molar-refractivity contribution in [1.29, 1.82) is 0 Å². The molecule has 3 unspecified atom stereocenters. The molecule has 2 saturated heterocycles. The molecule has 1 amide bonds. The Morgan fingerprint density at radius 1 is 1.27 bits per heavy atom. The molecule has 26 heavy (non-hydrogen) atoms. The van der Waals surface area contributed by atoms with Crippen LogP contribution in [0.25, 0.3) is 0 Å². The highest BCUT2D eigenvalue weighted by atomic mass is 32.2. The van der Waals surface area contributed by atoms with Crippen LogP contribution in [0.2, 0.25) is 0 Å². The van der Waals surface area contributed by atoms with E-state index in [0.29, 0.717) is 25.3 Å². The number of carbonyl (C=O) groups is 1. The van der Waals surface area contributed by atoms with Crippen LogP contribution in [0, 0.1) is 17.7 Å². The zero-order valence-electron chi connectivity index (χ0n) is 14.9. The molecule has 0 radical (unpaired) electrons. The Balaban J connectivity index is 1.66. The molecule has 0 saturated carbocycles. The molecule has 2 aliphatic rings. The minimum Gasteiger partial charge on any atom is -0.353 e. The molecule has 8 heteroatoms. The number of rotatable bonds is 4. The fraction of sp³-hybridized carbons (Fsp3) is 0.611. The average molecular weight is 383 g/mol. The van der Waals surface area contributed by atoms with Gasteiger partial charge in [-0.2, -0.15) is 4.31 Å². The molecule has 2 N–H and O–H groups in total. The van der Waals surface area contributed by atoms with Crippen LogP contribution in [-0.4, -0.2) is 50.9 Å². The van der Waals surface area contributed by atoms with Crippen molar-refractivity contribution < 1.29 is 17.6 Å². The van der Waals surface area contributed by atoms with Crippen LogP contribution in [0.3, 0.4) is 0 Å². The zero-order chi connectivity index (χ0) is 18.7. The van der Waals surface area contributed by atoms with Crippen molar-refractivity contribution in [3.8, 4) is 0 Å². The van der Waals surface area contributed by atoms with Gasteiger partial charge in [-0.15, -0.1) is 0 Å². The average Bonchev–Trinajstić information content (AvgIpc) is 2.64. The summed E-state index contributed by atoms with van der Waals surface area (Å²) in [5, 5.41) is 6.41. The van der Waals surface area contributed by atoms with Crippen LogP contribution < -0.4 is 10.6 Å². The first kappa shape index (κ1) is 19.3. The second kappa shape index (κ2) is 8.02. The van der Waals surface area contributed by atoms with Crippen molar-refractivity contribution in [2.45, 2.75) is 37.1 Å². The fourth-order valence-electron chi connectivity index (χ4n) is 3.66. The van der Waals surface area contributed by atoms with Gasteiger partial charge in [0.05, 0.1) is 10.8 Å². The van der Waals surface area contributed by atoms with Gasteiger partial charge >= 0.3 is 0 Å². The quantitative estimate of drug-likeness (QED) is 0.823. The lowest BCUT2D eigenvalue weighted by atomic mass is 9.93. The number of hydrogen-bond donors (Lipinski definition) is 2. The number of nitrogens with one attached hydrogen (secondary N) is 2. The van der Waals surface area contributed by atoms with E-state index in [1.165, 1.54) is 16.4 Å². The van der Waals surface area contributed by atoms with E-state index in [0.717, 1.165) is 31.6 Å². The Morgan fingerprint density at radius 3 is 2.69 bits per heavy atom. The van der Waals surface area contributed by atoms with E-state index in [1.54, 1.807) is 0 Å². The maximum atomic E-state index is 13.1.